The van der Waals surface area contributed by atoms with Crippen LogP contribution in [0.5, 0.6) is 0 Å². The zero-order valence-electron chi connectivity index (χ0n) is 12.8. The van der Waals surface area contributed by atoms with Crippen molar-refractivity contribution in [1.82, 2.24) is 10.2 Å². The van der Waals surface area contributed by atoms with E-state index < -0.39 is 0 Å². The largest absolute Gasteiger partial charge is 0.365 e. The first-order valence-electron chi connectivity index (χ1n) is 7.34. The lowest BCUT2D eigenvalue weighted by Gasteiger charge is -2.25. The number of amides is 1. The molecule has 1 aromatic rings. The van der Waals surface area contributed by atoms with E-state index in [1.54, 1.807) is 0 Å². The predicted octanol–water partition coefficient (Wildman–Crippen LogP) is 1.56. The van der Waals surface area contributed by atoms with Crippen molar-refractivity contribution in [2.75, 3.05) is 44.7 Å². The minimum Gasteiger partial charge on any atom is -0.365 e. The van der Waals surface area contributed by atoms with Crippen LogP contribution in [0.1, 0.15) is 17.5 Å². The summed E-state index contributed by atoms with van der Waals surface area (Å²) in [5.41, 5.74) is 3.58. The van der Waals surface area contributed by atoms with Crippen LogP contribution in [0.15, 0.2) is 18.2 Å². The van der Waals surface area contributed by atoms with E-state index in [9.17, 15) is 4.79 Å². The van der Waals surface area contributed by atoms with Crippen LogP contribution >= 0.6 is 0 Å². The number of benzene rings is 1. The van der Waals surface area contributed by atoms with Crippen LogP contribution in [0.25, 0.3) is 0 Å². The molecule has 1 saturated heterocycles. The molecule has 0 aromatic heterocycles. The van der Waals surface area contributed by atoms with E-state index in [0.717, 1.165) is 38.3 Å². The van der Waals surface area contributed by atoms with E-state index in [-0.39, 0.29) is 5.91 Å². The van der Waals surface area contributed by atoms with Gasteiger partial charge in [-0.1, -0.05) is 6.07 Å². The Hall–Kier alpha value is -1.55. The number of anilines is 1. The van der Waals surface area contributed by atoms with Gasteiger partial charge in [0.25, 0.3) is 0 Å². The Balaban J connectivity index is 1.99. The van der Waals surface area contributed by atoms with E-state index in [1.165, 1.54) is 11.1 Å². The first kappa shape index (κ1) is 14.9. The number of rotatable bonds is 3. The molecular weight excluding hydrogens is 250 g/mol. The van der Waals surface area contributed by atoms with Crippen molar-refractivity contribution >= 4 is 11.6 Å². The Morgan fingerprint density at radius 1 is 1.20 bits per heavy atom. The molecule has 0 bridgehead atoms. The summed E-state index contributed by atoms with van der Waals surface area (Å²) in [4.78, 5) is 16.4. The molecule has 4 heteroatoms. The third-order valence-electron chi connectivity index (χ3n) is 3.71. The van der Waals surface area contributed by atoms with Gasteiger partial charge >= 0.3 is 0 Å². The highest BCUT2D eigenvalue weighted by molar-refractivity contribution is 5.81. The molecule has 110 valence electrons. The van der Waals surface area contributed by atoms with Gasteiger partial charge in [0.05, 0.1) is 6.54 Å². The minimum absolute atomic E-state index is 0.218. The third-order valence-corrected chi connectivity index (χ3v) is 3.71. The molecule has 0 unspecified atom stereocenters. The molecule has 1 heterocycles. The second kappa shape index (κ2) is 6.75. The Labute approximate surface area is 121 Å². The number of carbonyl (C=O) groups excluding carboxylic acids is 1. The molecule has 2 rings (SSSR count). The van der Waals surface area contributed by atoms with Crippen LogP contribution in [0.3, 0.4) is 0 Å². The van der Waals surface area contributed by atoms with Gasteiger partial charge in [0.1, 0.15) is 0 Å². The van der Waals surface area contributed by atoms with Crippen molar-refractivity contribution in [3.8, 4) is 0 Å². The fourth-order valence-electron chi connectivity index (χ4n) is 2.66. The number of nitrogens with zero attached hydrogens (tertiary/aromatic N) is 2. The number of likely N-dealkylation sites (N-methyl/N-ethyl adjacent to an activating group) is 1. The lowest BCUT2D eigenvalue weighted by atomic mass is 10.1. The van der Waals surface area contributed by atoms with Gasteiger partial charge in [0.2, 0.25) is 5.91 Å². The molecule has 0 spiro atoms. The van der Waals surface area contributed by atoms with Gasteiger partial charge in [0.15, 0.2) is 0 Å². The lowest BCUT2D eigenvalue weighted by molar-refractivity contribution is -0.129. The smallest absolute Gasteiger partial charge is 0.242 e. The second-order valence-corrected chi connectivity index (χ2v) is 5.69. The topological polar surface area (TPSA) is 35.6 Å². The summed E-state index contributed by atoms with van der Waals surface area (Å²) in [5.74, 6) is 0.218. The molecule has 1 aromatic carbocycles. The van der Waals surface area contributed by atoms with E-state index in [2.05, 4.69) is 37.4 Å². The molecule has 1 aliphatic rings. The Bertz CT molecular complexity index is 445. The Kier molecular flexibility index (Phi) is 5.01. The van der Waals surface area contributed by atoms with Gasteiger partial charge in [-0.2, -0.15) is 0 Å². The Morgan fingerprint density at radius 2 is 1.90 bits per heavy atom. The highest BCUT2D eigenvalue weighted by Crippen LogP contribution is 2.17. The molecule has 0 radical (unpaired) electrons. The van der Waals surface area contributed by atoms with E-state index in [0.29, 0.717) is 6.54 Å². The van der Waals surface area contributed by atoms with Crippen LogP contribution in [-0.4, -0.2) is 50.6 Å². The van der Waals surface area contributed by atoms with E-state index in [4.69, 9.17) is 0 Å². The zero-order valence-corrected chi connectivity index (χ0v) is 12.8. The number of carbonyl (C=O) groups is 1. The molecule has 1 amide bonds. The SMILES string of the molecule is Cc1cc(C)cc(N(C)CC(=O)N2CCCNCC2)c1. The summed E-state index contributed by atoms with van der Waals surface area (Å²) >= 11 is 0. The van der Waals surface area contributed by atoms with Crippen LogP contribution < -0.4 is 10.2 Å². The fraction of sp³-hybridized carbons (Fsp3) is 0.562. The molecular formula is C16H25N3O. The first-order valence-corrected chi connectivity index (χ1v) is 7.34. The highest BCUT2D eigenvalue weighted by atomic mass is 16.2. The van der Waals surface area contributed by atoms with Gasteiger partial charge in [-0.25, -0.2) is 0 Å². The highest BCUT2D eigenvalue weighted by Gasteiger charge is 2.17. The maximum Gasteiger partial charge on any atom is 0.242 e. The monoisotopic (exact) mass is 275 g/mol. The summed E-state index contributed by atoms with van der Waals surface area (Å²) in [7, 11) is 1.99. The summed E-state index contributed by atoms with van der Waals surface area (Å²) in [5, 5.41) is 3.32. The fourth-order valence-corrected chi connectivity index (χ4v) is 2.66. The van der Waals surface area contributed by atoms with Crippen LogP contribution in [-0.2, 0) is 4.79 Å². The first-order chi connectivity index (χ1) is 9.56. The van der Waals surface area contributed by atoms with Crippen LogP contribution in [0.4, 0.5) is 5.69 Å². The average Bonchev–Trinajstić information content (AvgIpc) is 2.66. The van der Waals surface area contributed by atoms with Gasteiger partial charge < -0.3 is 15.1 Å². The molecule has 0 saturated carbocycles. The summed E-state index contributed by atoms with van der Waals surface area (Å²) in [6.07, 6.45) is 1.04. The predicted molar refractivity (Wildman–Crippen MR) is 83.3 cm³/mol. The lowest BCUT2D eigenvalue weighted by Crippen LogP contribution is -2.40. The van der Waals surface area contributed by atoms with Gasteiger partial charge in [-0.3, -0.25) is 4.79 Å². The summed E-state index contributed by atoms with van der Waals surface area (Å²) in [6, 6.07) is 6.41. The molecule has 20 heavy (non-hydrogen) atoms. The number of hydrogen-bond donors (Lipinski definition) is 1. The van der Waals surface area contributed by atoms with Crippen LogP contribution in [0, 0.1) is 13.8 Å². The summed E-state index contributed by atoms with van der Waals surface area (Å²) in [6.45, 7) is 8.23. The van der Waals surface area contributed by atoms with Gasteiger partial charge in [0, 0.05) is 32.4 Å². The Morgan fingerprint density at radius 3 is 2.60 bits per heavy atom. The van der Waals surface area contributed by atoms with Gasteiger partial charge in [-0.15, -0.1) is 0 Å². The molecule has 4 nitrogen and oxygen atoms in total. The van der Waals surface area contributed by atoms with Crippen LogP contribution in [0.2, 0.25) is 0 Å². The molecule has 0 aliphatic carbocycles. The quantitative estimate of drug-likeness (QED) is 0.909. The normalized spacial score (nSPS) is 15.8. The van der Waals surface area contributed by atoms with E-state index in [1.807, 2.05) is 16.8 Å². The average molecular weight is 275 g/mol. The standard InChI is InChI=1S/C16H25N3O/c1-13-9-14(2)11-15(10-13)18(3)12-16(20)19-7-4-5-17-6-8-19/h9-11,17H,4-8,12H2,1-3H3. The zero-order chi connectivity index (χ0) is 14.5. The van der Waals surface area contributed by atoms with Crippen molar-refractivity contribution in [3.63, 3.8) is 0 Å². The molecule has 1 fully saturated rings. The number of nitrogens with one attached hydrogen (secondary N) is 1. The summed E-state index contributed by atoms with van der Waals surface area (Å²) < 4.78 is 0. The molecule has 1 aliphatic heterocycles. The van der Waals surface area contributed by atoms with Crippen molar-refractivity contribution in [2.45, 2.75) is 20.3 Å². The molecule has 0 atom stereocenters. The molecule has 1 N–H and O–H groups in total. The van der Waals surface area contributed by atoms with Gasteiger partial charge in [-0.05, 0) is 50.1 Å². The minimum atomic E-state index is 0.218. The number of aryl methyl sites for hydroxylation is 2. The van der Waals surface area contributed by atoms with Crippen molar-refractivity contribution in [3.05, 3.63) is 29.3 Å². The van der Waals surface area contributed by atoms with Crippen molar-refractivity contribution in [2.24, 2.45) is 0 Å². The van der Waals surface area contributed by atoms with E-state index >= 15 is 0 Å². The maximum atomic E-state index is 12.4. The van der Waals surface area contributed by atoms with Crippen molar-refractivity contribution in [1.29, 1.82) is 0 Å². The maximum absolute atomic E-state index is 12.4. The third kappa shape index (κ3) is 3.97. The number of hydrogen-bond acceptors (Lipinski definition) is 3. The second-order valence-electron chi connectivity index (χ2n) is 5.69. The van der Waals surface area contributed by atoms with Crippen molar-refractivity contribution < 1.29 is 4.79 Å².